The summed E-state index contributed by atoms with van der Waals surface area (Å²) in [5, 5.41) is 30.2. The van der Waals surface area contributed by atoms with Gasteiger partial charge in [-0.05, 0) is 104 Å². The van der Waals surface area contributed by atoms with Crippen LogP contribution in [0.25, 0.3) is 0 Å². The molecule has 1 unspecified atom stereocenters. The Balaban J connectivity index is 2.20. The van der Waals surface area contributed by atoms with Crippen LogP contribution in [-0.2, 0) is 16.0 Å². The fourth-order valence-electron chi connectivity index (χ4n) is 2.30. The lowest BCUT2D eigenvalue weighted by Crippen LogP contribution is -2.42. The summed E-state index contributed by atoms with van der Waals surface area (Å²) in [5.74, 6) is -0.278. The highest BCUT2D eigenvalue weighted by Gasteiger charge is 2.21. The summed E-state index contributed by atoms with van der Waals surface area (Å²) in [6.07, 6.45) is -0.0348. The molecule has 0 spiro atoms. The number of ether oxygens (including phenoxy) is 1. The largest absolute Gasteiger partial charge is 0.507 e. The first-order chi connectivity index (χ1) is 13.2. The average Bonchev–Trinajstić information content (AvgIpc) is 2.60. The molecule has 4 N–H and O–H groups in total. The number of amides is 1. The van der Waals surface area contributed by atoms with Gasteiger partial charge in [-0.2, -0.15) is 0 Å². The summed E-state index contributed by atoms with van der Waals surface area (Å²) < 4.78 is 8.17. The van der Waals surface area contributed by atoms with Crippen LogP contribution in [0.2, 0.25) is 0 Å². The first-order valence-corrected chi connectivity index (χ1v) is 11.2. The van der Waals surface area contributed by atoms with E-state index >= 15 is 0 Å². The van der Waals surface area contributed by atoms with E-state index in [9.17, 15) is 19.8 Å². The summed E-state index contributed by atoms with van der Waals surface area (Å²) >= 11 is 6.23. The molecule has 2 rings (SSSR count). The number of hydrogen-bond acceptors (Lipinski definition) is 5. The Bertz CT molecular complexity index is 867. The van der Waals surface area contributed by atoms with Crippen LogP contribution >= 0.6 is 67.8 Å². The zero-order valence-electron chi connectivity index (χ0n) is 14.3. The van der Waals surface area contributed by atoms with Gasteiger partial charge < -0.3 is 25.4 Å². The molecule has 0 aliphatic rings. The molecule has 0 bridgehead atoms. The molecule has 7 nitrogen and oxygen atoms in total. The van der Waals surface area contributed by atoms with Gasteiger partial charge in [-0.1, -0.05) is 0 Å². The minimum absolute atomic E-state index is 0.107. The highest BCUT2D eigenvalue weighted by atomic mass is 127. The second-order valence-electron chi connectivity index (χ2n) is 5.74. The van der Waals surface area contributed by atoms with E-state index in [0.717, 1.165) is 12.7 Å². The molecule has 0 aromatic heterocycles. The van der Waals surface area contributed by atoms with E-state index in [1.54, 1.807) is 30.3 Å². The van der Waals surface area contributed by atoms with E-state index in [4.69, 9.17) is 9.84 Å². The van der Waals surface area contributed by atoms with Crippen LogP contribution in [0.15, 0.2) is 30.3 Å². The van der Waals surface area contributed by atoms with Gasteiger partial charge >= 0.3 is 5.97 Å². The van der Waals surface area contributed by atoms with E-state index < -0.39 is 17.9 Å². The number of rotatable bonds is 8. The summed E-state index contributed by atoms with van der Waals surface area (Å²) in [6, 6.07) is 7.45. The summed E-state index contributed by atoms with van der Waals surface area (Å²) in [4.78, 5) is 23.1. The number of carboxylic acids is 1. The molecule has 0 aliphatic carbocycles. The zero-order chi connectivity index (χ0) is 20.8. The zero-order valence-corrected chi connectivity index (χ0v) is 20.8. The summed E-state index contributed by atoms with van der Waals surface area (Å²) in [7, 11) is 0. The van der Waals surface area contributed by atoms with E-state index in [1.165, 1.54) is 0 Å². The second kappa shape index (κ2) is 10.8. The lowest BCUT2D eigenvalue weighted by molar-refractivity contribution is -0.141. The highest BCUT2D eigenvalue weighted by molar-refractivity contribution is 14.1. The Labute approximate surface area is 202 Å². The number of nitrogens with one attached hydrogen (secondary N) is 1. The second-order valence-corrected chi connectivity index (χ2v) is 9.23. The molecule has 150 valence electrons. The number of benzene rings is 2. The third-order valence-electron chi connectivity index (χ3n) is 3.61. The monoisotopic (exact) mass is 723 g/mol. The van der Waals surface area contributed by atoms with Gasteiger partial charge in [0.25, 0.3) is 0 Å². The number of aliphatic carboxylic acids is 1. The van der Waals surface area contributed by atoms with Gasteiger partial charge in [0.05, 0.1) is 17.3 Å². The molecular formula is C18H16I3NO6. The molecule has 10 heteroatoms. The number of aromatic hydroxyl groups is 1. The molecule has 1 amide bonds. The maximum absolute atomic E-state index is 11.6. The van der Waals surface area contributed by atoms with Crippen molar-refractivity contribution in [3.8, 4) is 17.2 Å². The average molecular weight is 723 g/mol. The van der Waals surface area contributed by atoms with Crippen molar-refractivity contribution in [3.05, 3.63) is 46.6 Å². The van der Waals surface area contributed by atoms with E-state index in [-0.39, 0.29) is 25.2 Å². The third kappa shape index (κ3) is 6.59. The maximum atomic E-state index is 11.6. The van der Waals surface area contributed by atoms with Gasteiger partial charge in [-0.15, -0.1) is 0 Å². The van der Waals surface area contributed by atoms with Crippen molar-refractivity contribution in [1.82, 2.24) is 5.32 Å². The highest BCUT2D eigenvalue weighted by Crippen LogP contribution is 2.35. The number of carboxylic acid groups (broad SMARTS) is 1. The maximum Gasteiger partial charge on any atom is 0.326 e. The van der Waals surface area contributed by atoms with Crippen molar-refractivity contribution in [2.75, 3.05) is 6.61 Å². The third-order valence-corrected chi connectivity index (χ3v) is 6.08. The Morgan fingerprint density at radius 3 is 2.25 bits per heavy atom. The predicted octanol–water partition coefficient (Wildman–Crippen LogP) is 3.49. The molecule has 0 saturated heterocycles. The van der Waals surface area contributed by atoms with Gasteiger partial charge in [-0.25, -0.2) is 4.79 Å². The number of aliphatic hydroxyl groups excluding tert-OH is 1. The van der Waals surface area contributed by atoms with Gasteiger partial charge in [0, 0.05) is 12.8 Å². The fraction of sp³-hybridized carbons (Fsp3) is 0.222. The normalized spacial score (nSPS) is 11.7. The van der Waals surface area contributed by atoms with Gasteiger partial charge in [-0.3, -0.25) is 4.79 Å². The van der Waals surface area contributed by atoms with Crippen LogP contribution in [-0.4, -0.2) is 39.8 Å². The summed E-state index contributed by atoms with van der Waals surface area (Å²) in [6.45, 7) is -0.337. The smallest absolute Gasteiger partial charge is 0.326 e. The first kappa shape index (κ1) is 23.4. The Kier molecular flexibility index (Phi) is 9.01. The van der Waals surface area contributed by atoms with Crippen molar-refractivity contribution < 1.29 is 29.6 Å². The van der Waals surface area contributed by atoms with Gasteiger partial charge in [0.2, 0.25) is 5.91 Å². The number of halogens is 3. The van der Waals surface area contributed by atoms with E-state index in [0.29, 0.717) is 15.1 Å². The van der Waals surface area contributed by atoms with E-state index in [2.05, 4.69) is 50.5 Å². The van der Waals surface area contributed by atoms with Crippen LogP contribution in [0.5, 0.6) is 17.2 Å². The molecule has 0 aliphatic heterocycles. The standard InChI is InChI=1S/C18H16I3NO6/c19-11-8-10(1-2-15(11)24)28-17-12(20)5-9(6-13(17)21)7-14(18(26)27)22-16(25)3-4-23/h1-2,5-6,8,14,23-24H,3-4,7H2,(H,22,25)(H,26,27). The lowest BCUT2D eigenvalue weighted by Gasteiger charge is -2.16. The Morgan fingerprint density at radius 1 is 1.07 bits per heavy atom. The number of carbonyl (C=O) groups excluding carboxylic acids is 1. The lowest BCUT2D eigenvalue weighted by atomic mass is 10.1. The van der Waals surface area contributed by atoms with Crippen LogP contribution in [0.3, 0.4) is 0 Å². The molecule has 2 aromatic rings. The number of hydrogen-bond donors (Lipinski definition) is 4. The van der Waals surface area contributed by atoms with Crippen LogP contribution in [0, 0.1) is 10.7 Å². The number of carbonyl (C=O) groups is 2. The Hall–Kier alpha value is -0.870. The van der Waals surface area contributed by atoms with Crippen LogP contribution in [0.1, 0.15) is 12.0 Å². The number of phenols is 1. The van der Waals surface area contributed by atoms with Gasteiger partial charge in [0.15, 0.2) is 5.75 Å². The SMILES string of the molecule is O=C(CCO)NC(Cc1cc(I)c(Oc2ccc(O)c(I)c2)c(I)c1)C(=O)O. The molecule has 28 heavy (non-hydrogen) atoms. The van der Waals surface area contributed by atoms with E-state index in [1.807, 2.05) is 22.6 Å². The first-order valence-electron chi connectivity index (χ1n) is 7.98. The molecular weight excluding hydrogens is 707 g/mol. The number of phenolic OH excluding ortho intramolecular Hbond substituents is 1. The van der Waals surface area contributed by atoms with Crippen LogP contribution in [0.4, 0.5) is 0 Å². The van der Waals surface area contributed by atoms with Crippen molar-refractivity contribution in [2.45, 2.75) is 18.9 Å². The molecule has 1 atom stereocenters. The quantitative estimate of drug-likeness (QED) is 0.311. The van der Waals surface area contributed by atoms with Crippen molar-refractivity contribution in [1.29, 1.82) is 0 Å². The van der Waals surface area contributed by atoms with Gasteiger partial charge in [0.1, 0.15) is 17.5 Å². The molecule has 2 aromatic carbocycles. The molecule has 0 saturated carbocycles. The topological polar surface area (TPSA) is 116 Å². The van der Waals surface area contributed by atoms with Crippen molar-refractivity contribution in [2.24, 2.45) is 0 Å². The number of aliphatic hydroxyl groups is 1. The minimum atomic E-state index is -1.14. The van der Waals surface area contributed by atoms with Crippen molar-refractivity contribution in [3.63, 3.8) is 0 Å². The Morgan fingerprint density at radius 2 is 1.71 bits per heavy atom. The molecule has 0 radical (unpaired) electrons. The van der Waals surface area contributed by atoms with Crippen molar-refractivity contribution >= 4 is 79.6 Å². The molecule has 0 heterocycles. The fourth-order valence-corrected chi connectivity index (χ4v) is 4.90. The molecule has 0 fully saturated rings. The minimum Gasteiger partial charge on any atom is -0.507 e. The predicted molar refractivity (Wildman–Crippen MR) is 128 cm³/mol. The summed E-state index contributed by atoms with van der Waals surface area (Å²) in [5.41, 5.74) is 0.734. The van der Waals surface area contributed by atoms with Crippen LogP contribution < -0.4 is 10.1 Å².